The highest BCUT2D eigenvalue weighted by Gasteiger charge is 2.20. The first-order chi connectivity index (χ1) is 16.5. The van der Waals surface area contributed by atoms with E-state index in [9.17, 15) is 15.2 Å². The zero-order chi connectivity index (χ0) is 24.1. The first kappa shape index (κ1) is 23.2. The molecule has 4 rings (SSSR count). The molecule has 0 unspecified atom stereocenters. The molecule has 7 heteroatoms. The fraction of sp³-hybridized carbons (Fsp3) is 0.222. The molecule has 0 fully saturated rings. The SMILES string of the molecule is CCN(CC)CCc1ccc(N=C(c2ccccc2)c2c(O)[nH]c3ccc([N+](=O)[O-])cc23)cc1. The number of nitrogens with one attached hydrogen (secondary N) is 1. The lowest BCUT2D eigenvalue weighted by Crippen LogP contribution is -2.25. The van der Waals surface area contributed by atoms with Crippen molar-refractivity contribution in [2.24, 2.45) is 4.99 Å². The fourth-order valence-electron chi connectivity index (χ4n) is 4.07. The van der Waals surface area contributed by atoms with Gasteiger partial charge in [-0.1, -0.05) is 56.3 Å². The van der Waals surface area contributed by atoms with E-state index < -0.39 is 4.92 Å². The van der Waals surface area contributed by atoms with Gasteiger partial charge < -0.3 is 15.0 Å². The Morgan fingerprint density at radius 3 is 2.38 bits per heavy atom. The molecule has 0 amide bonds. The van der Waals surface area contributed by atoms with Crippen molar-refractivity contribution < 1.29 is 10.0 Å². The first-order valence-electron chi connectivity index (χ1n) is 11.4. The summed E-state index contributed by atoms with van der Waals surface area (Å²) in [4.78, 5) is 21.1. The van der Waals surface area contributed by atoms with Crippen LogP contribution in [0.2, 0.25) is 0 Å². The number of aromatic hydroxyl groups is 1. The quantitative estimate of drug-likeness (QED) is 0.188. The number of non-ortho nitro benzene ring substituents is 1. The number of aliphatic imine (C=N–C) groups is 1. The zero-order valence-electron chi connectivity index (χ0n) is 19.4. The Balaban J connectivity index is 1.76. The van der Waals surface area contributed by atoms with Crippen LogP contribution in [0.1, 0.15) is 30.5 Å². The van der Waals surface area contributed by atoms with Crippen molar-refractivity contribution in [1.82, 2.24) is 9.88 Å². The average molecular weight is 457 g/mol. The molecule has 3 aromatic carbocycles. The van der Waals surface area contributed by atoms with Crippen LogP contribution in [0.3, 0.4) is 0 Å². The molecule has 0 saturated heterocycles. The summed E-state index contributed by atoms with van der Waals surface area (Å²) < 4.78 is 0. The van der Waals surface area contributed by atoms with Crippen LogP contribution in [0.25, 0.3) is 10.9 Å². The largest absolute Gasteiger partial charge is 0.494 e. The van der Waals surface area contributed by atoms with Gasteiger partial charge >= 0.3 is 0 Å². The van der Waals surface area contributed by atoms with Crippen LogP contribution >= 0.6 is 0 Å². The van der Waals surface area contributed by atoms with E-state index >= 15 is 0 Å². The molecular formula is C27H28N4O3. The molecule has 0 radical (unpaired) electrons. The molecule has 2 N–H and O–H groups in total. The number of aromatic amines is 1. The van der Waals surface area contributed by atoms with Crippen LogP contribution in [0.5, 0.6) is 5.88 Å². The maximum absolute atomic E-state index is 11.4. The summed E-state index contributed by atoms with van der Waals surface area (Å²) in [5, 5.41) is 22.7. The van der Waals surface area contributed by atoms with E-state index in [0.717, 1.165) is 37.3 Å². The molecule has 0 atom stereocenters. The third-order valence-corrected chi connectivity index (χ3v) is 6.05. The lowest BCUT2D eigenvalue weighted by Gasteiger charge is -2.17. The molecule has 34 heavy (non-hydrogen) atoms. The number of H-pyrrole nitrogens is 1. The Morgan fingerprint density at radius 2 is 1.74 bits per heavy atom. The maximum Gasteiger partial charge on any atom is 0.270 e. The normalized spacial score (nSPS) is 11.9. The number of nitro benzene ring substituents is 1. The van der Waals surface area contributed by atoms with Gasteiger partial charge in [0.25, 0.3) is 5.69 Å². The molecule has 0 aliphatic carbocycles. The van der Waals surface area contributed by atoms with Crippen LogP contribution in [-0.2, 0) is 6.42 Å². The molecule has 1 aromatic heterocycles. The van der Waals surface area contributed by atoms with Crippen LogP contribution < -0.4 is 0 Å². The standard InChI is InChI=1S/C27H28N4O3/c1-3-30(4-2)17-16-19-10-12-21(13-11-19)28-26(20-8-6-5-7-9-20)25-23-18-22(31(33)34)14-15-24(23)29-27(25)32/h5-15,18,29,32H,3-4,16-17H2,1-2H3. The van der Waals surface area contributed by atoms with Crippen molar-refractivity contribution in [1.29, 1.82) is 0 Å². The summed E-state index contributed by atoms with van der Waals surface area (Å²) in [6.45, 7) is 7.41. The first-order valence-corrected chi connectivity index (χ1v) is 11.4. The van der Waals surface area contributed by atoms with E-state index in [4.69, 9.17) is 4.99 Å². The van der Waals surface area contributed by atoms with Crippen molar-refractivity contribution >= 4 is 28.0 Å². The second kappa shape index (κ2) is 10.3. The van der Waals surface area contributed by atoms with Gasteiger partial charge in [0.2, 0.25) is 0 Å². The number of hydrogen-bond acceptors (Lipinski definition) is 5. The summed E-state index contributed by atoms with van der Waals surface area (Å²) in [6, 6.07) is 22.1. The zero-order valence-corrected chi connectivity index (χ0v) is 19.4. The van der Waals surface area contributed by atoms with E-state index in [2.05, 4.69) is 35.9 Å². The van der Waals surface area contributed by atoms with Crippen LogP contribution in [0, 0.1) is 10.1 Å². The molecule has 174 valence electrons. The van der Waals surface area contributed by atoms with E-state index in [0.29, 0.717) is 22.2 Å². The number of nitro groups is 1. The monoisotopic (exact) mass is 456 g/mol. The van der Waals surface area contributed by atoms with Gasteiger partial charge in [-0.3, -0.25) is 10.1 Å². The number of aromatic nitrogens is 1. The molecule has 0 spiro atoms. The Kier molecular flexibility index (Phi) is 7.04. The van der Waals surface area contributed by atoms with E-state index in [1.54, 1.807) is 6.07 Å². The van der Waals surface area contributed by atoms with Crippen LogP contribution in [-0.4, -0.2) is 45.3 Å². The average Bonchev–Trinajstić information content (AvgIpc) is 3.19. The van der Waals surface area contributed by atoms with Crippen molar-refractivity contribution in [3.05, 3.63) is 99.6 Å². The summed E-state index contributed by atoms with van der Waals surface area (Å²) >= 11 is 0. The summed E-state index contributed by atoms with van der Waals surface area (Å²) in [5.74, 6) is -0.0751. The summed E-state index contributed by atoms with van der Waals surface area (Å²) in [5.41, 5.74) is 4.32. The molecule has 7 nitrogen and oxygen atoms in total. The van der Waals surface area contributed by atoms with E-state index in [-0.39, 0.29) is 11.6 Å². The Hall–Kier alpha value is -3.97. The number of nitrogens with zero attached hydrogens (tertiary/aromatic N) is 3. The number of likely N-dealkylation sites (N-methyl/N-ethyl adjacent to an activating group) is 1. The Morgan fingerprint density at radius 1 is 1.03 bits per heavy atom. The summed E-state index contributed by atoms with van der Waals surface area (Å²) in [6.07, 6.45) is 0.962. The van der Waals surface area contributed by atoms with Gasteiger partial charge in [-0.2, -0.15) is 0 Å². The lowest BCUT2D eigenvalue weighted by molar-refractivity contribution is -0.384. The van der Waals surface area contributed by atoms with E-state index in [1.165, 1.54) is 17.7 Å². The highest BCUT2D eigenvalue weighted by Crippen LogP contribution is 2.33. The van der Waals surface area contributed by atoms with Crippen molar-refractivity contribution in [3.8, 4) is 5.88 Å². The molecule has 4 aromatic rings. The third-order valence-electron chi connectivity index (χ3n) is 6.05. The second-order valence-electron chi connectivity index (χ2n) is 8.11. The van der Waals surface area contributed by atoms with Gasteiger partial charge in [0.15, 0.2) is 5.88 Å². The van der Waals surface area contributed by atoms with Crippen molar-refractivity contribution in [2.45, 2.75) is 20.3 Å². The Labute approximate surface area is 198 Å². The topological polar surface area (TPSA) is 94.8 Å². The van der Waals surface area contributed by atoms with Crippen LogP contribution in [0.4, 0.5) is 11.4 Å². The van der Waals surface area contributed by atoms with Gasteiger partial charge in [0.1, 0.15) is 0 Å². The van der Waals surface area contributed by atoms with Gasteiger partial charge in [-0.25, -0.2) is 4.99 Å². The number of fused-ring (bicyclic) bond motifs is 1. The molecule has 0 bridgehead atoms. The third kappa shape index (κ3) is 5.00. The lowest BCUT2D eigenvalue weighted by atomic mass is 10.0. The van der Waals surface area contributed by atoms with Gasteiger partial charge in [0.05, 0.1) is 21.9 Å². The molecule has 0 aliphatic rings. The second-order valence-corrected chi connectivity index (χ2v) is 8.11. The van der Waals surface area contributed by atoms with Gasteiger partial charge in [-0.15, -0.1) is 0 Å². The predicted octanol–water partition coefficient (Wildman–Crippen LogP) is 5.84. The molecular weight excluding hydrogens is 428 g/mol. The molecule has 0 saturated carbocycles. The minimum Gasteiger partial charge on any atom is -0.494 e. The highest BCUT2D eigenvalue weighted by molar-refractivity contribution is 6.22. The Bertz CT molecular complexity index is 1310. The fourth-order valence-corrected chi connectivity index (χ4v) is 4.07. The van der Waals surface area contributed by atoms with Gasteiger partial charge in [0, 0.05) is 35.1 Å². The smallest absolute Gasteiger partial charge is 0.270 e. The van der Waals surface area contributed by atoms with E-state index in [1.807, 2.05) is 42.5 Å². The predicted molar refractivity (Wildman–Crippen MR) is 136 cm³/mol. The minimum atomic E-state index is -0.441. The molecule has 1 heterocycles. The highest BCUT2D eigenvalue weighted by atomic mass is 16.6. The molecule has 0 aliphatic heterocycles. The van der Waals surface area contributed by atoms with Gasteiger partial charge in [-0.05, 0) is 43.3 Å². The maximum atomic E-state index is 11.4. The number of benzene rings is 3. The van der Waals surface area contributed by atoms with Crippen molar-refractivity contribution in [2.75, 3.05) is 19.6 Å². The van der Waals surface area contributed by atoms with Crippen molar-refractivity contribution in [3.63, 3.8) is 0 Å². The summed E-state index contributed by atoms with van der Waals surface area (Å²) in [7, 11) is 0. The minimum absolute atomic E-state index is 0.0438. The number of rotatable bonds is 9. The number of hydrogen-bond donors (Lipinski definition) is 2. The van der Waals surface area contributed by atoms with Crippen LogP contribution in [0.15, 0.2) is 77.8 Å².